The Bertz CT molecular complexity index is 1310. The van der Waals surface area contributed by atoms with E-state index in [0.29, 0.717) is 54.5 Å². The number of benzene rings is 3. The zero-order chi connectivity index (χ0) is 24.6. The summed E-state index contributed by atoms with van der Waals surface area (Å²) in [6.45, 7) is 1.25. The van der Waals surface area contributed by atoms with Crippen molar-refractivity contribution >= 4 is 34.2 Å². The summed E-state index contributed by atoms with van der Waals surface area (Å²) in [7, 11) is 1.62. The number of carbonyl (C=O) groups excluding carboxylic acids is 2. The number of carbonyl (C=O) groups is 2. The highest BCUT2D eigenvalue weighted by Crippen LogP contribution is 2.24. The summed E-state index contributed by atoms with van der Waals surface area (Å²) in [5.74, 6) is 0.363. The van der Waals surface area contributed by atoms with E-state index in [1.165, 1.54) is 0 Å². The number of rotatable bonds is 10. The van der Waals surface area contributed by atoms with Crippen LogP contribution in [0.1, 0.15) is 32.9 Å². The van der Waals surface area contributed by atoms with Crippen molar-refractivity contribution in [2.45, 2.75) is 13.0 Å². The fourth-order valence-corrected chi connectivity index (χ4v) is 3.56. The molecule has 8 heteroatoms. The third-order valence-corrected chi connectivity index (χ3v) is 5.35. The topological polar surface area (TPSA) is 116 Å². The lowest BCUT2D eigenvalue weighted by Crippen LogP contribution is -2.25. The number of hydrogen-bond acceptors (Lipinski definition) is 6. The number of para-hydroxylation sites is 3. The Kier molecular flexibility index (Phi) is 7.64. The van der Waals surface area contributed by atoms with Crippen LogP contribution in [0.5, 0.6) is 5.75 Å². The molecule has 0 aliphatic heterocycles. The van der Waals surface area contributed by atoms with Gasteiger partial charge in [0, 0.05) is 30.2 Å². The molecule has 0 bridgehead atoms. The molecular formula is C27H27N3O5. The van der Waals surface area contributed by atoms with Gasteiger partial charge >= 0.3 is 0 Å². The molecule has 1 aromatic heterocycles. The Hall–Kier alpha value is -4.30. The normalized spacial score (nSPS) is 10.8. The second kappa shape index (κ2) is 11.2. The lowest BCUT2D eigenvalue weighted by Gasteiger charge is -2.09. The summed E-state index contributed by atoms with van der Waals surface area (Å²) >= 11 is 0. The molecule has 0 unspecified atom stereocenters. The molecule has 0 fully saturated rings. The molecule has 0 aliphatic carbocycles. The van der Waals surface area contributed by atoms with E-state index in [2.05, 4.69) is 10.6 Å². The van der Waals surface area contributed by atoms with Crippen LogP contribution in [0.15, 0.2) is 77.2 Å². The Balaban J connectivity index is 1.22. The molecule has 1 heterocycles. The largest absolute Gasteiger partial charge is 0.494 e. The molecule has 0 saturated carbocycles. The molecule has 4 rings (SSSR count). The molecule has 0 aliphatic rings. The van der Waals surface area contributed by atoms with E-state index < -0.39 is 0 Å². The second-order valence-corrected chi connectivity index (χ2v) is 7.90. The van der Waals surface area contributed by atoms with E-state index in [-0.39, 0.29) is 17.6 Å². The van der Waals surface area contributed by atoms with E-state index in [1.54, 1.807) is 61.7 Å². The molecule has 8 nitrogen and oxygen atoms in total. The first-order valence-corrected chi connectivity index (χ1v) is 11.2. The third-order valence-electron chi connectivity index (χ3n) is 5.35. The van der Waals surface area contributed by atoms with Gasteiger partial charge in [-0.2, -0.15) is 0 Å². The minimum Gasteiger partial charge on any atom is -0.494 e. The van der Waals surface area contributed by atoms with Crippen LogP contribution in [0.3, 0.4) is 0 Å². The van der Waals surface area contributed by atoms with Gasteiger partial charge in [-0.3, -0.25) is 9.59 Å². The standard InChI is InChI=1S/C27H27N3O5/c1-33-17-20-7-4-6-19-16-24(35-25(19)20)27(32)29-14-5-15-34-21-12-10-18(11-13-21)26(31)30-23-9-3-2-8-22(23)28/h2-4,6-13,16H,5,14-15,17,28H2,1H3,(H,29,32)(H,30,31). The van der Waals surface area contributed by atoms with Crippen LogP contribution in [0, 0.1) is 0 Å². The molecule has 0 saturated heterocycles. The van der Waals surface area contributed by atoms with Gasteiger partial charge in [0.05, 0.1) is 24.6 Å². The lowest BCUT2D eigenvalue weighted by molar-refractivity contribution is 0.0925. The fourth-order valence-electron chi connectivity index (χ4n) is 3.56. The summed E-state index contributed by atoms with van der Waals surface area (Å²) in [5.41, 5.74) is 8.98. The first-order chi connectivity index (χ1) is 17.0. The summed E-state index contributed by atoms with van der Waals surface area (Å²) in [5, 5.41) is 6.49. The number of nitrogens with one attached hydrogen (secondary N) is 2. The first kappa shape index (κ1) is 23.8. The van der Waals surface area contributed by atoms with Gasteiger partial charge in [0.15, 0.2) is 5.76 Å². The van der Waals surface area contributed by atoms with E-state index in [0.717, 1.165) is 10.9 Å². The monoisotopic (exact) mass is 473 g/mol. The van der Waals surface area contributed by atoms with Crippen molar-refractivity contribution in [3.63, 3.8) is 0 Å². The maximum atomic E-state index is 12.4. The van der Waals surface area contributed by atoms with Crippen LogP contribution < -0.4 is 21.1 Å². The number of amides is 2. The van der Waals surface area contributed by atoms with Crippen LogP contribution in [0.25, 0.3) is 11.0 Å². The molecule has 35 heavy (non-hydrogen) atoms. The van der Waals surface area contributed by atoms with Crippen molar-refractivity contribution in [3.05, 3.63) is 89.7 Å². The number of ether oxygens (including phenoxy) is 2. The van der Waals surface area contributed by atoms with Gasteiger partial charge in [0.25, 0.3) is 11.8 Å². The molecule has 4 aromatic rings. The van der Waals surface area contributed by atoms with Gasteiger partial charge in [-0.05, 0) is 48.9 Å². The number of nitrogen functional groups attached to an aromatic ring is 1. The summed E-state index contributed by atoms with van der Waals surface area (Å²) in [4.78, 5) is 24.9. The Morgan fingerprint density at radius 1 is 0.971 bits per heavy atom. The summed E-state index contributed by atoms with van der Waals surface area (Å²) in [6.07, 6.45) is 0.608. The lowest BCUT2D eigenvalue weighted by atomic mass is 10.1. The van der Waals surface area contributed by atoms with E-state index in [1.807, 2.05) is 18.2 Å². The number of fused-ring (bicyclic) bond motifs is 1. The zero-order valence-electron chi connectivity index (χ0n) is 19.4. The highest BCUT2D eigenvalue weighted by molar-refractivity contribution is 6.05. The van der Waals surface area contributed by atoms with E-state index in [9.17, 15) is 9.59 Å². The van der Waals surface area contributed by atoms with Crippen LogP contribution in [0.4, 0.5) is 11.4 Å². The highest BCUT2D eigenvalue weighted by Gasteiger charge is 2.14. The van der Waals surface area contributed by atoms with Gasteiger partial charge in [0.1, 0.15) is 11.3 Å². The molecular weight excluding hydrogens is 446 g/mol. The Labute approximate surface area is 203 Å². The predicted octanol–water partition coefficient (Wildman–Crippen LogP) is 4.61. The van der Waals surface area contributed by atoms with Crippen molar-refractivity contribution < 1.29 is 23.5 Å². The van der Waals surface area contributed by atoms with Crippen molar-refractivity contribution in [1.29, 1.82) is 0 Å². The average molecular weight is 474 g/mol. The number of hydrogen-bond donors (Lipinski definition) is 3. The van der Waals surface area contributed by atoms with Crippen LogP contribution in [0.2, 0.25) is 0 Å². The van der Waals surface area contributed by atoms with Gasteiger partial charge in [-0.25, -0.2) is 0 Å². The molecule has 3 aromatic carbocycles. The highest BCUT2D eigenvalue weighted by atomic mass is 16.5. The van der Waals surface area contributed by atoms with Crippen molar-refractivity contribution in [1.82, 2.24) is 5.32 Å². The number of methoxy groups -OCH3 is 1. The quantitative estimate of drug-likeness (QED) is 0.229. The molecule has 180 valence electrons. The maximum absolute atomic E-state index is 12.4. The second-order valence-electron chi connectivity index (χ2n) is 7.90. The van der Waals surface area contributed by atoms with Crippen molar-refractivity contribution in [2.24, 2.45) is 0 Å². The molecule has 2 amide bonds. The average Bonchev–Trinajstić information content (AvgIpc) is 3.31. The van der Waals surface area contributed by atoms with Gasteiger partial charge < -0.3 is 30.3 Å². The Morgan fingerprint density at radius 2 is 1.77 bits per heavy atom. The molecule has 0 spiro atoms. The molecule has 4 N–H and O–H groups in total. The zero-order valence-corrected chi connectivity index (χ0v) is 19.4. The Morgan fingerprint density at radius 3 is 2.54 bits per heavy atom. The summed E-state index contributed by atoms with van der Waals surface area (Å²) < 4.78 is 16.6. The number of furan rings is 1. The minimum absolute atomic E-state index is 0.253. The van der Waals surface area contributed by atoms with Crippen LogP contribution >= 0.6 is 0 Å². The third kappa shape index (κ3) is 5.99. The number of anilines is 2. The summed E-state index contributed by atoms with van der Waals surface area (Å²) in [6, 6.07) is 21.4. The molecule has 0 radical (unpaired) electrons. The van der Waals surface area contributed by atoms with Gasteiger partial charge in [0.2, 0.25) is 0 Å². The fraction of sp³-hybridized carbons (Fsp3) is 0.185. The smallest absolute Gasteiger partial charge is 0.287 e. The van der Waals surface area contributed by atoms with E-state index >= 15 is 0 Å². The first-order valence-electron chi connectivity index (χ1n) is 11.2. The van der Waals surface area contributed by atoms with Crippen LogP contribution in [-0.4, -0.2) is 32.1 Å². The van der Waals surface area contributed by atoms with Gasteiger partial charge in [-0.15, -0.1) is 0 Å². The minimum atomic E-state index is -0.279. The van der Waals surface area contributed by atoms with Crippen LogP contribution in [-0.2, 0) is 11.3 Å². The maximum Gasteiger partial charge on any atom is 0.287 e. The van der Waals surface area contributed by atoms with Crippen molar-refractivity contribution in [2.75, 3.05) is 31.3 Å². The molecule has 0 atom stereocenters. The number of nitrogens with two attached hydrogens (primary N) is 1. The van der Waals surface area contributed by atoms with Crippen molar-refractivity contribution in [3.8, 4) is 5.75 Å². The van der Waals surface area contributed by atoms with E-state index in [4.69, 9.17) is 19.6 Å². The van der Waals surface area contributed by atoms with Gasteiger partial charge in [-0.1, -0.05) is 30.3 Å². The predicted molar refractivity (Wildman–Crippen MR) is 135 cm³/mol. The SMILES string of the molecule is COCc1cccc2cc(C(=O)NCCCOc3ccc(C(=O)Nc4ccccc4N)cc3)oc12.